The van der Waals surface area contributed by atoms with Gasteiger partial charge in [-0.25, -0.2) is 4.79 Å². The minimum Gasteiger partial charge on any atom is -0.465 e. The second kappa shape index (κ2) is 7.37. The van der Waals surface area contributed by atoms with Crippen molar-refractivity contribution in [3.8, 4) is 11.4 Å². The molecule has 1 aromatic carbocycles. The Kier molecular flexibility index (Phi) is 5.02. The Morgan fingerprint density at radius 2 is 2.04 bits per heavy atom. The quantitative estimate of drug-likeness (QED) is 0.854. The van der Waals surface area contributed by atoms with Gasteiger partial charge >= 0.3 is 5.97 Å². The molecule has 1 aromatic heterocycles. The van der Waals surface area contributed by atoms with Gasteiger partial charge in [0.05, 0.1) is 12.7 Å². The predicted molar refractivity (Wildman–Crippen MR) is 85.0 cm³/mol. The molecule has 2 heterocycles. The Labute approximate surface area is 135 Å². The van der Waals surface area contributed by atoms with Gasteiger partial charge in [0, 0.05) is 12.0 Å². The van der Waals surface area contributed by atoms with Crippen LogP contribution in [0.1, 0.15) is 35.5 Å². The first-order chi connectivity index (χ1) is 11.3. The van der Waals surface area contributed by atoms with E-state index in [1.807, 2.05) is 0 Å². The molecule has 0 amide bonds. The van der Waals surface area contributed by atoms with Crippen LogP contribution in [0.25, 0.3) is 11.4 Å². The third kappa shape index (κ3) is 3.96. The molecule has 1 aliphatic heterocycles. The maximum absolute atomic E-state index is 11.4. The Morgan fingerprint density at radius 1 is 1.30 bits per heavy atom. The molecule has 23 heavy (non-hydrogen) atoms. The van der Waals surface area contributed by atoms with E-state index in [1.165, 1.54) is 20.0 Å². The standard InChI is InChI=1S/C17H21N3O3/c1-22-17(21)14-5-3-13(4-6-14)16-19-15(23-20-16)7-2-12-8-10-18-11-9-12/h3-6,12,18H,2,7-11H2,1H3. The number of hydrogen-bond donors (Lipinski definition) is 1. The van der Waals surface area contributed by atoms with E-state index in [0.29, 0.717) is 17.3 Å². The molecule has 1 fully saturated rings. The van der Waals surface area contributed by atoms with E-state index in [1.54, 1.807) is 24.3 Å². The highest BCUT2D eigenvalue weighted by Gasteiger charge is 2.15. The topological polar surface area (TPSA) is 77.2 Å². The summed E-state index contributed by atoms with van der Waals surface area (Å²) in [5, 5.41) is 7.40. The first-order valence-electron chi connectivity index (χ1n) is 7.98. The number of esters is 1. The molecule has 0 unspecified atom stereocenters. The van der Waals surface area contributed by atoms with E-state index in [-0.39, 0.29) is 5.97 Å². The van der Waals surface area contributed by atoms with Gasteiger partial charge in [-0.2, -0.15) is 4.98 Å². The van der Waals surface area contributed by atoms with Crippen LogP contribution >= 0.6 is 0 Å². The fraction of sp³-hybridized carbons (Fsp3) is 0.471. The highest BCUT2D eigenvalue weighted by molar-refractivity contribution is 5.89. The number of aromatic nitrogens is 2. The van der Waals surface area contributed by atoms with Gasteiger partial charge in [0.1, 0.15) is 0 Å². The highest BCUT2D eigenvalue weighted by Crippen LogP contribution is 2.21. The van der Waals surface area contributed by atoms with E-state index in [4.69, 9.17) is 4.52 Å². The molecule has 6 nitrogen and oxygen atoms in total. The summed E-state index contributed by atoms with van der Waals surface area (Å²) < 4.78 is 10.0. The molecule has 2 aromatic rings. The lowest BCUT2D eigenvalue weighted by Crippen LogP contribution is -2.27. The van der Waals surface area contributed by atoms with E-state index < -0.39 is 0 Å². The lowest BCUT2D eigenvalue weighted by atomic mass is 9.93. The van der Waals surface area contributed by atoms with E-state index in [0.717, 1.165) is 37.4 Å². The van der Waals surface area contributed by atoms with Crippen LogP contribution in [0, 0.1) is 5.92 Å². The van der Waals surface area contributed by atoms with Crippen LogP contribution in [-0.4, -0.2) is 36.3 Å². The van der Waals surface area contributed by atoms with Gasteiger partial charge in [0.2, 0.25) is 11.7 Å². The molecule has 0 bridgehead atoms. The first-order valence-corrected chi connectivity index (χ1v) is 7.98. The fourth-order valence-electron chi connectivity index (χ4n) is 2.84. The molecular weight excluding hydrogens is 294 g/mol. The van der Waals surface area contributed by atoms with Crippen LogP contribution in [0.15, 0.2) is 28.8 Å². The smallest absolute Gasteiger partial charge is 0.337 e. The van der Waals surface area contributed by atoms with Crippen molar-refractivity contribution >= 4 is 5.97 Å². The second-order valence-corrected chi connectivity index (χ2v) is 5.81. The molecule has 1 N–H and O–H groups in total. The van der Waals surface area contributed by atoms with Crippen molar-refractivity contribution in [3.63, 3.8) is 0 Å². The summed E-state index contributed by atoms with van der Waals surface area (Å²) in [5.74, 6) is 1.62. The zero-order valence-corrected chi connectivity index (χ0v) is 13.2. The maximum Gasteiger partial charge on any atom is 0.337 e. The molecule has 0 spiro atoms. The molecule has 6 heteroatoms. The summed E-state index contributed by atoms with van der Waals surface area (Å²) >= 11 is 0. The number of rotatable bonds is 5. The van der Waals surface area contributed by atoms with Gasteiger partial charge < -0.3 is 14.6 Å². The number of carbonyl (C=O) groups excluding carboxylic acids is 1. The van der Waals surface area contributed by atoms with E-state index in [2.05, 4.69) is 20.2 Å². The highest BCUT2D eigenvalue weighted by atomic mass is 16.5. The van der Waals surface area contributed by atoms with Gasteiger partial charge in [-0.3, -0.25) is 0 Å². The van der Waals surface area contributed by atoms with Crippen LogP contribution in [0.2, 0.25) is 0 Å². The summed E-state index contributed by atoms with van der Waals surface area (Å²) in [6.07, 6.45) is 4.34. The number of carbonyl (C=O) groups is 1. The number of aryl methyl sites for hydroxylation is 1. The molecule has 0 saturated carbocycles. The van der Waals surface area contributed by atoms with Gasteiger partial charge in [0.15, 0.2) is 0 Å². The molecule has 1 aliphatic rings. The van der Waals surface area contributed by atoms with Crippen molar-refractivity contribution in [2.24, 2.45) is 5.92 Å². The van der Waals surface area contributed by atoms with Gasteiger partial charge in [-0.15, -0.1) is 0 Å². The summed E-state index contributed by atoms with van der Waals surface area (Å²) in [6.45, 7) is 2.21. The van der Waals surface area contributed by atoms with E-state index >= 15 is 0 Å². The predicted octanol–water partition coefficient (Wildman–Crippen LogP) is 2.46. The van der Waals surface area contributed by atoms with Crippen molar-refractivity contribution in [2.75, 3.05) is 20.2 Å². The van der Waals surface area contributed by atoms with Gasteiger partial charge in [0.25, 0.3) is 0 Å². The number of benzene rings is 1. The van der Waals surface area contributed by atoms with Crippen molar-refractivity contribution in [1.82, 2.24) is 15.5 Å². The normalized spacial score (nSPS) is 15.5. The third-order valence-corrected chi connectivity index (χ3v) is 4.26. The average molecular weight is 315 g/mol. The number of piperidine rings is 1. The van der Waals surface area contributed by atoms with Gasteiger partial charge in [-0.05, 0) is 50.4 Å². The fourth-order valence-corrected chi connectivity index (χ4v) is 2.84. The zero-order chi connectivity index (χ0) is 16.1. The Bertz CT molecular complexity index is 645. The van der Waals surface area contributed by atoms with E-state index in [9.17, 15) is 4.79 Å². The molecular formula is C17H21N3O3. The van der Waals surface area contributed by atoms with Crippen molar-refractivity contribution < 1.29 is 14.1 Å². The minimum absolute atomic E-state index is 0.354. The van der Waals surface area contributed by atoms with Crippen LogP contribution in [0.4, 0.5) is 0 Å². The van der Waals surface area contributed by atoms with Crippen molar-refractivity contribution in [1.29, 1.82) is 0 Å². The minimum atomic E-state index is -0.354. The molecule has 0 atom stereocenters. The van der Waals surface area contributed by atoms with Gasteiger partial charge in [-0.1, -0.05) is 17.3 Å². The summed E-state index contributed by atoms with van der Waals surface area (Å²) in [6, 6.07) is 7.00. The molecule has 0 aliphatic carbocycles. The van der Waals surface area contributed by atoms with Crippen LogP contribution in [-0.2, 0) is 11.2 Å². The number of methoxy groups -OCH3 is 1. The number of hydrogen-bond acceptors (Lipinski definition) is 6. The molecule has 122 valence electrons. The van der Waals surface area contributed by atoms with Crippen molar-refractivity contribution in [2.45, 2.75) is 25.7 Å². The lowest BCUT2D eigenvalue weighted by molar-refractivity contribution is 0.0601. The number of nitrogens with one attached hydrogen (secondary N) is 1. The lowest BCUT2D eigenvalue weighted by Gasteiger charge is -2.21. The zero-order valence-electron chi connectivity index (χ0n) is 13.2. The summed E-state index contributed by atoms with van der Waals surface area (Å²) in [5.41, 5.74) is 1.33. The average Bonchev–Trinajstić information content (AvgIpc) is 3.09. The summed E-state index contributed by atoms with van der Waals surface area (Å²) in [7, 11) is 1.37. The second-order valence-electron chi connectivity index (χ2n) is 5.81. The molecule has 0 radical (unpaired) electrons. The number of ether oxygens (including phenoxy) is 1. The largest absolute Gasteiger partial charge is 0.465 e. The van der Waals surface area contributed by atoms with Crippen LogP contribution < -0.4 is 5.32 Å². The molecule has 1 saturated heterocycles. The number of nitrogens with zero attached hydrogens (tertiary/aromatic N) is 2. The Balaban J connectivity index is 1.60. The van der Waals surface area contributed by atoms with Crippen LogP contribution in [0.5, 0.6) is 0 Å². The summed E-state index contributed by atoms with van der Waals surface area (Å²) in [4.78, 5) is 15.9. The molecule has 3 rings (SSSR count). The Hall–Kier alpha value is -2.21. The maximum atomic E-state index is 11.4. The Morgan fingerprint density at radius 3 is 2.74 bits per heavy atom. The van der Waals surface area contributed by atoms with Crippen molar-refractivity contribution in [3.05, 3.63) is 35.7 Å². The van der Waals surface area contributed by atoms with Crippen LogP contribution in [0.3, 0.4) is 0 Å². The third-order valence-electron chi connectivity index (χ3n) is 4.26. The SMILES string of the molecule is COC(=O)c1ccc(-c2noc(CCC3CCNCC3)n2)cc1. The monoisotopic (exact) mass is 315 g/mol. The first kappa shape index (κ1) is 15.7.